The fourth-order valence-corrected chi connectivity index (χ4v) is 4.54. The molecule has 1 aromatic heterocycles. The Balaban J connectivity index is 1.74. The third-order valence-electron chi connectivity index (χ3n) is 5.93. The Labute approximate surface area is 196 Å². The molecule has 5 rings (SSSR count). The molecule has 0 spiro atoms. The third kappa shape index (κ3) is 3.68. The van der Waals surface area contributed by atoms with E-state index >= 15 is 0 Å². The molecule has 1 aliphatic heterocycles. The number of ether oxygens (including phenoxy) is 1. The number of amides is 1. The first kappa shape index (κ1) is 21.3. The highest BCUT2D eigenvalue weighted by Gasteiger charge is 2.42. The monoisotopic (exact) mass is 459 g/mol. The van der Waals surface area contributed by atoms with Crippen LogP contribution in [0.3, 0.4) is 0 Å². The van der Waals surface area contributed by atoms with Crippen LogP contribution >= 0.6 is 11.6 Å². The topological polar surface area (TPSA) is 59.8 Å². The van der Waals surface area contributed by atoms with Crippen LogP contribution in [0.15, 0.2) is 75.9 Å². The van der Waals surface area contributed by atoms with Crippen molar-refractivity contribution in [2.24, 2.45) is 0 Å². The summed E-state index contributed by atoms with van der Waals surface area (Å²) in [6.07, 6.45) is 0. The van der Waals surface area contributed by atoms with Gasteiger partial charge in [-0.25, -0.2) is 0 Å². The Morgan fingerprint density at radius 3 is 2.58 bits per heavy atom. The standard InChI is InChI=1S/C27H22ClNO4/c1-3-32-19-11-7-10-18(13-19)24-23-25(30)20-14-21(28)16(2)12-22(20)33-26(23)27(31)29(24)15-17-8-5-4-6-9-17/h4-14,24H,3,15H2,1-2H3. The average Bonchev–Trinajstić information content (AvgIpc) is 3.08. The molecule has 0 saturated heterocycles. The van der Waals surface area contributed by atoms with Gasteiger partial charge in [0.05, 0.1) is 23.6 Å². The van der Waals surface area contributed by atoms with Crippen molar-refractivity contribution in [3.05, 3.63) is 110 Å². The van der Waals surface area contributed by atoms with E-state index in [1.54, 1.807) is 17.0 Å². The largest absolute Gasteiger partial charge is 0.494 e. The molecule has 0 bridgehead atoms. The molecule has 4 aromatic rings. The smallest absolute Gasteiger partial charge is 0.291 e. The lowest BCUT2D eigenvalue weighted by Gasteiger charge is -2.25. The van der Waals surface area contributed by atoms with Gasteiger partial charge in [0.1, 0.15) is 11.3 Å². The van der Waals surface area contributed by atoms with Gasteiger partial charge < -0.3 is 14.1 Å². The normalized spacial score (nSPS) is 15.2. The van der Waals surface area contributed by atoms with Crippen molar-refractivity contribution in [3.63, 3.8) is 0 Å². The summed E-state index contributed by atoms with van der Waals surface area (Å²) in [5.41, 5.74) is 2.97. The van der Waals surface area contributed by atoms with E-state index in [9.17, 15) is 9.59 Å². The number of rotatable bonds is 5. The van der Waals surface area contributed by atoms with Crippen molar-refractivity contribution in [2.45, 2.75) is 26.4 Å². The maximum atomic E-state index is 13.7. The number of halogens is 1. The van der Waals surface area contributed by atoms with Crippen LogP contribution in [0.25, 0.3) is 11.0 Å². The van der Waals surface area contributed by atoms with Crippen LogP contribution in [0, 0.1) is 6.92 Å². The Kier molecular flexibility index (Phi) is 5.43. The van der Waals surface area contributed by atoms with Gasteiger partial charge in [-0.15, -0.1) is 0 Å². The lowest BCUT2D eigenvalue weighted by atomic mass is 9.97. The molecular weight excluding hydrogens is 438 g/mol. The molecule has 1 amide bonds. The molecule has 1 unspecified atom stereocenters. The predicted octanol–water partition coefficient (Wildman–Crippen LogP) is 5.90. The van der Waals surface area contributed by atoms with Gasteiger partial charge in [0.2, 0.25) is 5.76 Å². The second-order valence-electron chi connectivity index (χ2n) is 8.10. The fraction of sp³-hybridized carbons (Fsp3) is 0.185. The zero-order chi connectivity index (χ0) is 23.1. The van der Waals surface area contributed by atoms with Crippen LogP contribution in [-0.2, 0) is 6.54 Å². The Morgan fingerprint density at radius 1 is 1.03 bits per heavy atom. The summed E-state index contributed by atoms with van der Waals surface area (Å²) < 4.78 is 11.7. The number of aryl methyl sites for hydroxylation is 1. The van der Waals surface area contributed by atoms with Crippen LogP contribution in [0.5, 0.6) is 5.75 Å². The summed E-state index contributed by atoms with van der Waals surface area (Å²) in [5, 5.41) is 0.847. The molecule has 3 aromatic carbocycles. The maximum Gasteiger partial charge on any atom is 0.291 e. The summed E-state index contributed by atoms with van der Waals surface area (Å²) in [6.45, 7) is 4.60. The molecule has 0 saturated carbocycles. The van der Waals surface area contributed by atoms with E-state index in [4.69, 9.17) is 20.8 Å². The van der Waals surface area contributed by atoms with Crippen molar-refractivity contribution in [2.75, 3.05) is 6.61 Å². The number of carbonyl (C=O) groups is 1. The van der Waals surface area contributed by atoms with E-state index in [0.29, 0.717) is 40.5 Å². The van der Waals surface area contributed by atoms with E-state index in [1.807, 2.05) is 68.4 Å². The molecule has 166 valence electrons. The molecule has 0 N–H and O–H groups in total. The highest BCUT2D eigenvalue weighted by atomic mass is 35.5. The molecule has 1 atom stereocenters. The molecule has 33 heavy (non-hydrogen) atoms. The van der Waals surface area contributed by atoms with Crippen molar-refractivity contribution in [1.82, 2.24) is 4.90 Å². The second kappa shape index (κ2) is 8.41. The van der Waals surface area contributed by atoms with Crippen LogP contribution in [0.4, 0.5) is 0 Å². The van der Waals surface area contributed by atoms with E-state index < -0.39 is 6.04 Å². The van der Waals surface area contributed by atoms with Crippen molar-refractivity contribution in [1.29, 1.82) is 0 Å². The highest BCUT2D eigenvalue weighted by molar-refractivity contribution is 6.32. The van der Waals surface area contributed by atoms with Crippen molar-refractivity contribution in [3.8, 4) is 5.75 Å². The average molecular weight is 460 g/mol. The SMILES string of the molecule is CCOc1cccc(C2c3c(oc4cc(C)c(Cl)cc4c3=O)C(=O)N2Cc2ccccc2)c1. The van der Waals surface area contributed by atoms with E-state index in [1.165, 1.54) is 0 Å². The van der Waals surface area contributed by atoms with Gasteiger partial charge in [-0.2, -0.15) is 0 Å². The van der Waals surface area contributed by atoms with Gasteiger partial charge in [0.25, 0.3) is 5.91 Å². The van der Waals surface area contributed by atoms with E-state index in [-0.39, 0.29) is 17.1 Å². The molecule has 1 aliphatic rings. The van der Waals surface area contributed by atoms with Crippen molar-refractivity contribution < 1.29 is 13.9 Å². The first-order valence-electron chi connectivity index (χ1n) is 10.8. The van der Waals surface area contributed by atoms with Crippen molar-refractivity contribution >= 4 is 28.5 Å². The lowest BCUT2D eigenvalue weighted by Crippen LogP contribution is -2.29. The minimum Gasteiger partial charge on any atom is -0.494 e. The first-order chi connectivity index (χ1) is 16.0. The number of nitrogens with zero attached hydrogens (tertiary/aromatic N) is 1. The quantitative estimate of drug-likeness (QED) is 0.373. The van der Waals surface area contributed by atoms with Gasteiger partial charge in [-0.1, -0.05) is 54.1 Å². The molecule has 0 fully saturated rings. The van der Waals surface area contributed by atoms with Gasteiger partial charge >= 0.3 is 0 Å². The Hall–Kier alpha value is -3.57. The summed E-state index contributed by atoms with van der Waals surface area (Å²) in [7, 11) is 0. The molecule has 0 radical (unpaired) electrons. The zero-order valence-corrected chi connectivity index (χ0v) is 19.1. The number of fused-ring (bicyclic) bond motifs is 2. The van der Waals surface area contributed by atoms with Crippen LogP contribution in [0.1, 0.15) is 45.8 Å². The summed E-state index contributed by atoms with van der Waals surface area (Å²) in [6, 6.07) is 19.9. The summed E-state index contributed by atoms with van der Waals surface area (Å²) in [5.74, 6) is 0.448. The van der Waals surface area contributed by atoms with Gasteiger partial charge in [-0.05, 0) is 54.8 Å². The first-order valence-corrected chi connectivity index (χ1v) is 11.2. The second-order valence-corrected chi connectivity index (χ2v) is 8.51. The molecular formula is C27H22ClNO4. The molecule has 5 nitrogen and oxygen atoms in total. The van der Waals surface area contributed by atoms with Crippen LogP contribution < -0.4 is 10.2 Å². The van der Waals surface area contributed by atoms with Gasteiger partial charge in [0, 0.05) is 11.6 Å². The Bertz CT molecular complexity index is 1430. The van der Waals surface area contributed by atoms with E-state index in [2.05, 4.69) is 0 Å². The number of hydrogen-bond acceptors (Lipinski definition) is 4. The van der Waals surface area contributed by atoms with Gasteiger partial charge in [-0.3, -0.25) is 9.59 Å². The van der Waals surface area contributed by atoms with Crippen LogP contribution in [0.2, 0.25) is 5.02 Å². The summed E-state index contributed by atoms with van der Waals surface area (Å²) >= 11 is 6.31. The predicted molar refractivity (Wildman–Crippen MR) is 128 cm³/mol. The zero-order valence-electron chi connectivity index (χ0n) is 18.3. The molecule has 6 heteroatoms. The minimum absolute atomic E-state index is 0.0805. The highest BCUT2D eigenvalue weighted by Crippen LogP contribution is 2.40. The van der Waals surface area contributed by atoms with Gasteiger partial charge in [0.15, 0.2) is 5.43 Å². The summed E-state index contributed by atoms with van der Waals surface area (Å²) in [4.78, 5) is 29.0. The maximum absolute atomic E-state index is 13.7. The Morgan fingerprint density at radius 2 is 1.82 bits per heavy atom. The lowest BCUT2D eigenvalue weighted by molar-refractivity contribution is 0.0714. The third-order valence-corrected chi connectivity index (χ3v) is 6.33. The number of carbonyl (C=O) groups excluding carboxylic acids is 1. The molecule has 0 aliphatic carbocycles. The molecule has 2 heterocycles. The van der Waals surface area contributed by atoms with E-state index in [0.717, 1.165) is 16.7 Å². The minimum atomic E-state index is -0.603. The number of hydrogen-bond donors (Lipinski definition) is 0. The number of benzene rings is 3. The van der Waals surface area contributed by atoms with Crippen LogP contribution in [-0.4, -0.2) is 17.4 Å². The fourth-order valence-electron chi connectivity index (χ4n) is 4.37.